The Morgan fingerprint density at radius 3 is 2.63 bits per heavy atom. The predicted octanol–water partition coefficient (Wildman–Crippen LogP) is 2.45. The summed E-state index contributed by atoms with van der Waals surface area (Å²) in [5.41, 5.74) is 5.25. The molecule has 0 unspecified atom stereocenters. The highest BCUT2D eigenvalue weighted by atomic mass is 35.5. The first kappa shape index (κ1) is 18.8. The number of carbonyl (C=O) groups is 1. The van der Waals surface area contributed by atoms with Crippen molar-refractivity contribution >= 4 is 43.8 Å². The first-order valence-electron chi connectivity index (χ1n) is 7.45. The van der Waals surface area contributed by atoms with Crippen molar-refractivity contribution in [1.82, 2.24) is 9.78 Å². The number of nitrogen functional groups attached to an aromatic ring is 1. The molecule has 0 aliphatic carbocycles. The number of fused-ring (bicyclic) bond motifs is 1. The zero-order valence-electron chi connectivity index (χ0n) is 14.1. The van der Waals surface area contributed by atoms with Crippen LogP contribution in [0.4, 0.5) is 10.1 Å². The normalized spacial score (nSPS) is 11.5. The number of carbonyl (C=O) groups excluding carboxylic acids is 1. The molecule has 0 bridgehead atoms. The third-order valence-corrected chi connectivity index (χ3v) is 5.48. The fourth-order valence-electron chi connectivity index (χ4n) is 2.93. The molecular weight excluding hydrogens is 395 g/mol. The Balaban J connectivity index is 2.39. The standard InChI is InChI=1S/C17H12ClFN4O3S/c1-23-17(27(2,25)26)10-6-13(21)14(11(7-20)15(10)22-23)16(24)9-5-8(19)3-4-12(9)18/h3-6H,21H2,1-2H3. The van der Waals surface area contributed by atoms with Gasteiger partial charge in [-0.25, -0.2) is 12.8 Å². The maximum Gasteiger partial charge on any atom is 0.198 e. The Morgan fingerprint density at radius 1 is 1.37 bits per heavy atom. The molecule has 2 aromatic carbocycles. The van der Waals surface area contributed by atoms with Crippen molar-refractivity contribution in [2.24, 2.45) is 7.05 Å². The van der Waals surface area contributed by atoms with Crippen molar-refractivity contribution in [1.29, 1.82) is 5.26 Å². The van der Waals surface area contributed by atoms with Gasteiger partial charge in [-0.05, 0) is 24.3 Å². The van der Waals surface area contributed by atoms with Crippen LogP contribution in [-0.4, -0.2) is 30.2 Å². The van der Waals surface area contributed by atoms with E-state index in [1.165, 1.54) is 19.2 Å². The maximum absolute atomic E-state index is 13.6. The molecule has 10 heteroatoms. The highest BCUT2D eigenvalue weighted by molar-refractivity contribution is 7.90. The van der Waals surface area contributed by atoms with Crippen LogP contribution in [-0.2, 0) is 16.9 Å². The molecule has 0 aliphatic rings. The van der Waals surface area contributed by atoms with Crippen LogP contribution in [0.1, 0.15) is 21.5 Å². The Bertz CT molecular complexity index is 1280. The molecule has 1 aromatic heterocycles. The lowest BCUT2D eigenvalue weighted by Gasteiger charge is -2.09. The number of ketones is 1. The van der Waals surface area contributed by atoms with Gasteiger partial charge >= 0.3 is 0 Å². The summed E-state index contributed by atoms with van der Waals surface area (Å²) in [6.07, 6.45) is 0.997. The minimum Gasteiger partial charge on any atom is -0.398 e. The van der Waals surface area contributed by atoms with Crippen molar-refractivity contribution < 1.29 is 17.6 Å². The van der Waals surface area contributed by atoms with Gasteiger partial charge in [-0.2, -0.15) is 10.4 Å². The fraction of sp³-hybridized carbons (Fsp3) is 0.118. The van der Waals surface area contributed by atoms with Gasteiger partial charge in [0.15, 0.2) is 20.6 Å². The predicted molar refractivity (Wildman–Crippen MR) is 97.8 cm³/mol. The number of nitrogens with zero attached hydrogens (tertiary/aromatic N) is 3. The largest absolute Gasteiger partial charge is 0.398 e. The van der Waals surface area contributed by atoms with Gasteiger partial charge < -0.3 is 5.73 Å². The topological polar surface area (TPSA) is 119 Å². The molecule has 3 rings (SSSR count). The van der Waals surface area contributed by atoms with E-state index >= 15 is 0 Å². The molecule has 0 saturated carbocycles. The zero-order valence-corrected chi connectivity index (χ0v) is 15.7. The molecule has 0 spiro atoms. The number of nitriles is 1. The second kappa shape index (κ2) is 6.33. The smallest absolute Gasteiger partial charge is 0.198 e. The molecule has 0 radical (unpaired) electrons. The SMILES string of the molecule is Cn1nc2c(C#N)c(C(=O)c3cc(F)ccc3Cl)c(N)cc2c1S(C)(=O)=O. The molecule has 0 amide bonds. The van der Waals surface area contributed by atoms with E-state index in [-0.39, 0.29) is 43.3 Å². The number of rotatable bonds is 3. The fourth-order valence-corrected chi connectivity index (χ4v) is 4.21. The monoisotopic (exact) mass is 406 g/mol. The van der Waals surface area contributed by atoms with Crippen molar-refractivity contribution in [3.63, 3.8) is 0 Å². The lowest BCUT2D eigenvalue weighted by molar-refractivity contribution is 0.103. The Kier molecular flexibility index (Phi) is 4.41. The third-order valence-electron chi connectivity index (χ3n) is 3.97. The van der Waals surface area contributed by atoms with Crippen molar-refractivity contribution in [3.05, 3.63) is 51.8 Å². The van der Waals surface area contributed by atoms with Crippen LogP contribution in [0.25, 0.3) is 10.9 Å². The van der Waals surface area contributed by atoms with Crippen LogP contribution in [0.15, 0.2) is 29.3 Å². The highest BCUT2D eigenvalue weighted by Gasteiger charge is 2.27. The van der Waals surface area contributed by atoms with E-state index in [0.29, 0.717) is 0 Å². The Hall–Kier alpha value is -2.96. The van der Waals surface area contributed by atoms with Gasteiger partial charge in [0, 0.05) is 29.9 Å². The average molecular weight is 407 g/mol. The minimum atomic E-state index is -3.68. The average Bonchev–Trinajstić information content (AvgIpc) is 2.90. The van der Waals surface area contributed by atoms with Crippen LogP contribution in [0, 0.1) is 17.1 Å². The van der Waals surface area contributed by atoms with Crippen LogP contribution < -0.4 is 5.73 Å². The van der Waals surface area contributed by atoms with E-state index in [1.807, 2.05) is 6.07 Å². The van der Waals surface area contributed by atoms with Crippen LogP contribution in [0.2, 0.25) is 5.02 Å². The molecular formula is C17H12ClFN4O3S. The second-order valence-corrected chi connectivity index (χ2v) is 8.22. The molecule has 138 valence electrons. The van der Waals surface area contributed by atoms with E-state index in [2.05, 4.69) is 5.10 Å². The molecule has 1 heterocycles. The summed E-state index contributed by atoms with van der Waals surface area (Å²) in [6.45, 7) is 0. The Labute approximate surface area is 158 Å². The van der Waals surface area contributed by atoms with Crippen molar-refractivity contribution in [3.8, 4) is 6.07 Å². The minimum absolute atomic E-state index is 0.00509. The van der Waals surface area contributed by atoms with Gasteiger partial charge in [0.05, 0.1) is 16.1 Å². The highest BCUT2D eigenvalue weighted by Crippen LogP contribution is 2.33. The quantitative estimate of drug-likeness (QED) is 0.527. The van der Waals surface area contributed by atoms with Crippen LogP contribution in [0.5, 0.6) is 0 Å². The molecule has 0 atom stereocenters. The first-order valence-corrected chi connectivity index (χ1v) is 9.72. The van der Waals surface area contributed by atoms with Gasteiger partial charge in [0.2, 0.25) is 0 Å². The summed E-state index contributed by atoms with van der Waals surface area (Å²) in [5, 5.41) is 13.6. The molecule has 0 saturated heterocycles. The summed E-state index contributed by atoms with van der Waals surface area (Å²) >= 11 is 5.99. The number of hydrogen-bond acceptors (Lipinski definition) is 6. The number of nitrogens with two attached hydrogens (primary N) is 1. The number of halogens is 2. The van der Waals surface area contributed by atoms with Gasteiger partial charge in [-0.3, -0.25) is 9.48 Å². The number of benzene rings is 2. The molecule has 7 nitrogen and oxygen atoms in total. The van der Waals surface area contributed by atoms with Crippen LogP contribution >= 0.6 is 11.6 Å². The number of aromatic nitrogens is 2. The summed E-state index contributed by atoms with van der Waals surface area (Å²) < 4.78 is 38.8. The molecule has 0 fully saturated rings. The van der Waals surface area contributed by atoms with Crippen LogP contribution in [0.3, 0.4) is 0 Å². The molecule has 27 heavy (non-hydrogen) atoms. The van der Waals surface area contributed by atoms with E-state index in [0.717, 1.165) is 23.1 Å². The van der Waals surface area contributed by atoms with E-state index in [9.17, 15) is 22.9 Å². The summed E-state index contributed by atoms with van der Waals surface area (Å²) in [5.74, 6) is -1.44. The number of hydrogen-bond donors (Lipinski definition) is 1. The van der Waals surface area contributed by atoms with Crippen molar-refractivity contribution in [2.75, 3.05) is 12.0 Å². The summed E-state index contributed by atoms with van der Waals surface area (Å²) in [7, 11) is -2.27. The summed E-state index contributed by atoms with van der Waals surface area (Å²) in [6, 6.07) is 6.36. The molecule has 2 N–H and O–H groups in total. The summed E-state index contributed by atoms with van der Waals surface area (Å²) in [4.78, 5) is 12.9. The van der Waals surface area contributed by atoms with Gasteiger partial charge in [0.25, 0.3) is 0 Å². The van der Waals surface area contributed by atoms with Gasteiger partial charge in [-0.1, -0.05) is 11.6 Å². The van der Waals surface area contributed by atoms with E-state index < -0.39 is 21.4 Å². The maximum atomic E-state index is 13.6. The lowest BCUT2D eigenvalue weighted by atomic mass is 9.95. The molecule has 3 aromatic rings. The molecule has 0 aliphatic heterocycles. The van der Waals surface area contributed by atoms with Gasteiger partial charge in [-0.15, -0.1) is 0 Å². The number of aryl methyl sites for hydroxylation is 1. The number of anilines is 1. The van der Waals surface area contributed by atoms with Gasteiger partial charge in [0.1, 0.15) is 17.4 Å². The zero-order chi connectivity index (χ0) is 20.1. The van der Waals surface area contributed by atoms with E-state index in [4.69, 9.17) is 17.3 Å². The first-order chi connectivity index (χ1) is 12.6. The van der Waals surface area contributed by atoms with Crippen molar-refractivity contribution in [2.45, 2.75) is 5.03 Å². The second-order valence-electron chi connectivity index (χ2n) is 5.88. The third kappa shape index (κ3) is 3.03. The lowest BCUT2D eigenvalue weighted by Crippen LogP contribution is -2.10. The van der Waals surface area contributed by atoms with E-state index in [1.54, 1.807) is 0 Å². The number of sulfone groups is 1. The Morgan fingerprint density at radius 2 is 2.04 bits per heavy atom.